The van der Waals surface area contributed by atoms with Gasteiger partial charge in [-0.25, -0.2) is 4.79 Å². The summed E-state index contributed by atoms with van der Waals surface area (Å²) in [4.78, 5) is 12.4. The molecule has 0 spiro atoms. The van der Waals surface area contributed by atoms with Crippen molar-refractivity contribution in [2.45, 2.75) is 33.2 Å². The average Bonchev–Trinajstić information content (AvgIpc) is 2.04. The van der Waals surface area contributed by atoms with E-state index in [1.165, 1.54) is 4.90 Å². The maximum absolute atomic E-state index is 10.9. The molecule has 1 unspecified atom stereocenters. The third kappa shape index (κ3) is 1.42. The fraction of sp³-hybridized carbons (Fsp3) is 0.909. The molecule has 2 N–H and O–H groups in total. The highest BCUT2D eigenvalue weighted by atomic mass is 16.4. The van der Waals surface area contributed by atoms with Crippen LogP contribution in [0.1, 0.15) is 27.2 Å². The minimum atomic E-state index is -0.786. The lowest BCUT2D eigenvalue weighted by Crippen LogP contribution is -2.74. The van der Waals surface area contributed by atoms with Gasteiger partial charge in [0.2, 0.25) is 0 Å². The van der Waals surface area contributed by atoms with Gasteiger partial charge < -0.3 is 15.3 Å². The molecule has 86 valence electrons. The van der Waals surface area contributed by atoms with Crippen molar-refractivity contribution in [3.8, 4) is 0 Å². The summed E-state index contributed by atoms with van der Waals surface area (Å²) in [5, 5.41) is 12.3. The van der Waals surface area contributed by atoms with Gasteiger partial charge in [0.25, 0.3) is 0 Å². The molecule has 0 aromatic carbocycles. The van der Waals surface area contributed by atoms with Crippen molar-refractivity contribution >= 4 is 6.09 Å². The van der Waals surface area contributed by atoms with Crippen LogP contribution in [0.4, 0.5) is 4.79 Å². The minimum Gasteiger partial charge on any atom is -0.465 e. The van der Waals surface area contributed by atoms with E-state index in [4.69, 9.17) is 5.11 Å². The molecule has 2 fully saturated rings. The summed E-state index contributed by atoms with van der Waals surface area (Å²) >= 11 is 0. The van der Waals surface area contributed by atoms with Gasteiger partial charge in [-0.15, -0.1) is 0 Å². The highest BCUT2D eigenvalue weighted by Gasteiger charge is 2.56. The number of nitrogens with one attached hydrogen (secondary N) is 1. The monoisotopic (exact) mass is 212 g/mol. The van der Waals surface area contributed by atoms with Crippen LogP contribution in [0.25, 0.3) is 0 Å². The largest absolute Gasteiger partial charge is 0.465 e. The van der Waals surface area contributed by atoms with Gasteiger partial charge >= 0.3 is 6.09 Å². The normalized spacial score (nSPS) is 35.7. The third-order valence-electron chi connectivity index (χ3n) is 4.33. The molecule has 2 heterocycles. The van der Waals surface area contributed by atoms with Crippen LogP contribution < -0.4 is 5.32 Å². The molecule has 0 aromatic heterocycles. The average molecular weight is 212 g/mol. The molecule has 0 radical (unpaired) electrons. The SMILES string of the molecule is CC(C)(C)C12CCN(C(=O)O)C[C@H]1NC2. The lowest BCUT2D eigenvalue weighted by molar-refractivity contribution is -0.0809. The van der Waals surface area contributed by atoms with Crippen molar-refractivity contribution in [2.24, 2.45) is 10.8 Å². The summed E-state index contributed by atoms with van der Waals surface area (Å²) in [5.41, 5.74) is 0.562. The van der Waals surface area contributed by atoms with Crippen LogP contribution in [0, 0.1) is 10.8 Å². The number of likely N-dealkylation sites (tertiary alicyclic amines) is 1. The third-order valence-corrected chi connectivity index (χ3v) is 4.33. The molecule has 1 amide bonds. The highest BCUT2D eigenvalue weighted by Crippen LogP contribution is 2.50. The smallest absolute Gasteiger partial charge is 0.407 e. The van der Waals surface area contributed by atoms with Crippen LogP contribution in [0.2, 0.25) is 0 Å². The second kappa shape index (κ2) is 3.11. The standard InChI is InChI=1S/C11H20N2O2/c1-10(2,3)11-4-5-13(9(14)15)6-8(11)12-7-11/h8,12H,4-7H2,1-3H3,(H,14,15)/t8-,11?/m1/s1. The van der Waals surface area contributed by atoms with Gasteiger partial charge in [0.05, 0.1) is 0 Å². The predicted octanol–water partition coefficient (Wildman–Crippen LogP) is 1.37. The van der Waals surface area contributed by atoms with Crippen molar-refractivity contribution in [2.75, 3.05) is 19.6 Å². The highest BCUT2D eigenvalue weighted by molar-refractivity contribution is 5.65. The first-order valence-electron chi connectivity index (χ1n) is 5.58. The van der Waals surface area contributed by atoms with E-state index in [-0.39, 0.29) is 5.41 Å². The van der Waals surface area contributed by atoms with Crippen molar-refractivity contribution in [1.29, 1.82) is 0 Å². The summed E-state index contributed by atoms with van der Waals surface area (Å²) in [6.07, 6.45) is 0.201. The van der Waals surface area contributed by atoms with Crippen LogP contribution in [0.15, 0.2) is 0 Å². The molecule has 2 aliphatic heterocycles. The van der Waals surface area contributed by atoms with Crippen molar-refractivity contribution in [1.82, 2.24) is 10.2 Å². The van der Waals surface area contributed by atoms with E-state index in [0.717, 1.165) is 13.0 Å². The summed E-state index contributed by atoms with van der Waals surface area (Å²) in [6.45, 7) is 9.15. The Bertz CT molecular complexity index is 285. The van der Waals surface area contributed by atoms with Crippen LogP contribution >= 0.6 is 0 Å². The lowest BCUT2D eigenvalue weighted by Gasteiger charge is -2.62. The number of piperidine rings is 1. The van der Waals surface area contributed by atoms with Gasteiger partial charge in [0, 0.05) is 31.1 Å². The fourth-order valence-electron chi connectivity index (χ4n) is 2.98. The van der Waals surface area contributed by atoms with E-state index in [2.05, 4.69) is 26.1 Å². The molecular weight excluding hydrogens is 192 g/mol. The summed E-state index contributed by atoms with van der Waals surface area (Å²) in [7, 11) is 0. The van der Waals surface area contributed by atoms with E-state index in [1.54, 1.807) is 0 Å². The number of carbonyl (C=O) groups is 1. The predicted molar refractivity (Wildman–Crippen MR) is 57.9 cm³/mol. The Kier molecular flexibility index (Phi) is 2.23. The van der Waals surface area contributed by atoms with Gasteiger partial charge in [0.15, 0.2) is 0 Å². The summed E-state index contributed by atoms with van der Waals surface area (Å²) < 4.78 is 0. The molecule has 0 aliphatic carbocycles. The molecule has 4 nitrogen and oxygen atoms in total. The Hall–Kier alpha value is -0.770. The van der Waals surface area contributed by atoms with Crippen LogP contribution in [0.5, 0.6) is 0 Å². The van der Waals surface area contributed by atoms with Crippen LogP contribution in [0.3, 0.4) is 0 Å². The molecule has 15 heavy (non-hydrogen) atoms. The number of fused-ring (bicyclic) bond motifs is 1. The van der Waals surface area contributed by atoms with E-state index >= 15 is 0 Å². The van der Waals surface area contributed by atoms with Crippen molar-refractivity contribution in [3.05, 3.63) is 0 Å². The van der Waals surface area contributed by atoms with E-state index in [0.29, 0.717) is 24.5 Å². The lowest BCUT2D eigenvalue weighted by atomic mass is 9.55. The number of nitrogens with zero attached hydrogens (tertiary/aromatic N) is 1. The Morgan fingerprint density at radius 2 is 2.20 bits per heavy atom. The quantitative estimate of drug-likeness (QED) is 0.637. The van der Waals surface area contributed by atoms with Gasteiger partial charge in [-0.2, -0.15) is 0 Å². The Labute approximate surface area is 90.6 Å². The maximum atomic E-state index is 10.9. The summed E-state index contributed by atoms with van der Waals surface area (Å²) in [6, 6.07) is 0.349. The number of hydrogen-bond acceptors (Lipinski definition) is 2. The molecule has 2 aliphatic rings. The van der Waals surface area contributed by atoms with Gasteiger partial charge in [-0.1, -0.05) is 20.8 Å². The molecule has 2 atom stereocenters. The Morgan fingerprint density at radius 1 is 1.53 bits per heavy atom. The topological polar surface area (TPSA) is 52.6 Å². The number of amides is 1. The number of rotatable bonds is 0. The zero-order chi connectivity index (χ0) is 11.3. The zero-order valence-corrected chi connectivity index (χ0v) is 9.71. The van der Waals surface area contributed by atoms with Gasteiger partial charge in [-0.3, -0.25) is 0 Å². The zero-order valence-electron chi connectivity index (χ0n) is 9.71. The van der Waals surface area contributed by atoms with Gasteiger partial charge in [0.1, 0.15) is 0 Å². The van der Waals surface area contributed by atoms with Crippen molar-refractivity contribution < 1.29 is 9.90 Å². The molecule has 2 saturated heterocycles. The Morgan fingerprint density at radius 3 is 2.53 bits per heavy atom. The van der Waals surface area contributed by atoms with E-state index in [9.17, 15) is 4.79 Å². The van der Waals surface area contributed by atoms with Gasteiger partial charge in [-0.05, 0) is 11.8 Å². The molecular formula is C11H20N2O2. The van der Waals surface area contributed by atoms with Crippen molar-refractivity contribution in [3.63, 3.8) is 0 Å². The molecule has 0 bridgehead atoms. The van der Waals surface area contributed by atoms with E-state index in [1.807, 2.05) is 0 Å². The first-order chi connectivity index (χ1) is 6.87. The molecule has 0 saturated carbocycles. The molecule has 2 rings (SSSR count). The van der Waals surface area contributed by atoms with Crippen LogP contribution in [-0.2, 0) is 0 Å². The fourth-order valence-corrected chi connectivity index (χ4v) is 2.98. The van der Waals surface area contributed by atoms with Crippen LogP contribution in [-0.4, -0.2) is 41.8 Å². The number of carboxylic acid groups (broad SMARTS) is 1. The minimum absolute atomic E-state index is 0.257. The second-order valence-corrected chi connectivity index (χ2v) is 5.82. The summed E-state index contributed by atoms with van der Waals surface area (Å²) in [5.74, 6) is 0. The first-order valence-corrected chi connectivity index (χ1v) is 5.58. The second-order valence-electron chi connectivity index (χ2n) is 5.82. The first kappa shape index (κ1) is 10.7. The van der Waals surface area contributed by atoms with E-state index < -0.39 is 6.09 Å². The Balaban J connectivity index is 2.12. The number of hydrogen-bond donors (Lipinski definition) is 2. The molecule has 0 aromatic rings. The molecule has 4 heteroatoms. The maximum Gasteiger partial charge on any atom is 0.407 e.